The van der Waals surface area contributed by atoms with Crippen molar-refractivity contribution < 1.29 is 9.53 Å². The molecule has 0 spiro atoms. The van der Waals surface area contributed by atoms with E-state index in [1.54, 1.807) is 7.11 Å². The van der Waals surface area contributed by atoms with Gasteiger partial charge in [-0.2, -0.15) is 0 Å². The molecule has 1 saturated heterocycles. The Kier molecular flexibility index (Phi) is 3.53. The third-order valence-electron chi connectivity index (χ3n) is 4.17. The normalized spacial score (nSPS) is 26.3. The third-order valence-corrected chi connectivity index (χ3v) is 4.17. The fraction of sp³-hybridized carbons (Fsp3) is 0.533. The molecule has 3 rings (SSSR count). The minimum absolute atomic E-state index is 0.0782. The molecule has 0 aromatic heterocycles. The SMILES string of the molecule is COC1CCN(C(=O)[C@@H]2Cc3ccccc3CN2)C1. The Labute approximate surface area is 113 Å². The zero-order chi connectivity index (χ0) is 13.2. The molecule has 1 amide bonds. The van der Waals surface area contributed by atoms with E-state index in [1.807, 2.05) is 17.0 Å². The van der Waals surface area contributed by atoms with E-state index < -0.39 is 0 Å². The van der Waals surface area contributed by atoms with E-state index in [0.717, 1.165) is 32.5 Å². The highest BCUT2D eigenvalue weighted by Crippen LogP contribution is 2.19. The molecule has 1 aromatic carbocycles. The topological polar surface area (TPSA) is 41.6 Å². The van der Waals surface area contributed by atoms with E-state index in [4.69, 9.17) is 4.74 Å². The van der Waals surface area contributed by atoms with Crippen molar-refractivity contribution in [3.05, 3.63) is 35.4 Å². The number of nitrogens with one attached hydrogen (secondary N) is 1. The zero-order valence-corrected chi connectivity index (χ0v) is 11.3. The number of methoxy groups -OCH3 is 1. The Morgan fingerprint density at radius 3 is 2.89 bits per heavy atom. The largest absolute Gasteiger partial charge is 0.380 e. The standard InChI is InChI=1S/C15H20N2O2/c1-19-13-6-7-17(10-13)15(18)14-8-11-4-2-3-5-12(11)9-16-14/h2-5,13-14,16H,6-10H2,1H3/t13?,14-/m0/s1. The van der Waals surface area contributed by atoms with E-state index in [1.165, 1.54) is 11.1 Å². The molecule has 4 nitrogen and oxygen atoms in total. The molecule has 102 valence electrons. The Morgan fingerprint density at radius 1 is 1.37 bits per heavy atom. The highest BCUT2D eigenvalue weighted by molar-refractivity contribution is 5.83. The van der Waals surface area contributed by atoms with Crippen molar-refractivity contribution in [2.75, 3.05) is 20.2 Å². The highest BCUT2D eigenvalue weighted by atomic mass is 16.5. The molecule has 0 bridgehead atoms. The molecular weight excluding hydrogens is 240 g/mol. The molecular formula is C15H20N2O2. The second-order valence-corrected chi connectivity index (χ2v) is 5.34. The molecule has 2 heterocycles. The number of fused-ring (bicyclic) bond motifs is 1. The predicted octanol–water partition coefficient (Wildman–Crippen LogP) is 0.948. The average Bonchev–Trinajstić information content (AvgIpc) is 2.95. The Bertz CT molecular complexity index is 475. The van der Waals surface area contributed by atoms with Crippen LogP contribution in [-0.4, -0.2) is 43.2 Å². The van der Waals surface area contributed by atoms with E-state index in [-0.39, 0.29) is 18.1 Å². The first kappa shape index (κ1) is 12.6. The summed E-state index contributed by atoms with van der Waals surface area (Å²) in [4.78, 5) is 14.4. The van der Waals surface area contributed by atoms with E-state index >= 15 is 0 Å². The van der Waals surface area contributed by atoms with Crippen LogP contribution < -0.4 is 5.32 Å². The first-order valence-corrected chi connectivity index (χ1v) is 6.89. The summed E-state index contributed by atoms with van der Waals surface area (Å²) in [6, 6.07) is 8.26. The number of benzene rings is 1. The highest BCUT2D eigenvalue weighted by Gasteiger charge is 2.32. The summed E-state index contributed by atoms with van der Waals surface area (Å²) < 4.78 is 5.32. The monoisotopic (exact) mass is 260 g/mol. The van der Waals surface area contributed by atoms with E-state index in [0.29, 0.717) is 0 Å². The van der Waals surface area contributed by atoms with Gasteiger partial charge in [-0.15, -0.1) is 0 Å². The maximum absolute atomic E-state index is 12.5. The molecule has 19 heavy (non-hydrogen) atoms. The lowest BCUT2D eigenvalue weighted by Crippen LogP contribution is -2.49. The van der Waals surface area contributed by atoms with Gasteiger partial charge < -0.3 is 15.0 Å². The number of rotatable bonds is 2. The van der Waals surface area contributed by atoms with Gasteiger partial charge in [-0.05, 0) is 24.0 Å². The summed E-state index contributed by atoms with van der Waals surface area (Å²) in [6.45, 7) is 2.33. The van der Waals surface area contributed by atoms with Crippen LogP contribution in [0.4, 0.5) is 0 Å². The molecule has 2 atom stereocenters. The first-order chi connectivity index (χ1) is 9.28. The molecule has 2 aliphatic heterocycles. The Hall–Kier alpha value is -1.39. The summed E-state index contributed by atoms with van der Waals surface area (Å²) in [5.74, 6) is 0.217. The Balaban J connectivity index is 1.66. The number of hydrogen-bond donors (Lipinski definition) is 1. The zero-order valence-electron chi connectivity index (χ0n) is 11.3. The second-order valence-electron chi connectivity index (χ2n) is 5.34. The van der Waals surface area contributed by atoms with Crippen molar-refractivity contribution >= 4 is 5.91 Å². The molecule has 1 unspecified atom stereocenters. The van der Waals surface area contributed by atoms with Crippen LogP contribution in [0.15, 0.2) is 24.3 Å². The van der Waals surface area contributed by atoms with Crippen molar-refractivity contribution in [1.82, 2.24) is 10.2 Å². The minimum atomic E-state index is -0.0782. The van der Waals surface area contributed by atoms with Gasteiger partial charge in [-0.25, -0.2) is 0 Å². The van der Waals surface area contributed by atoms with Crippen molar-refractivity contribution in [3.8, 4) is 0 Å². The lowest BCUT2D eigenvalue weighted by atomic mass is 9.95. The van der Waals surface area contributed by atoms with Gasteiger partial charge in [0.2, 0.25) is 5.91 Å². The molecule has 1 aromatic rings. The number of hydrogen-bond acceptors (Lipinski definition) is 3. The van der Waals surface area contributed by atoms with Gasteiger partial charge in [0.15, 0.2) is 0 Å². The van der Waals surface area contributed by atoms with Gasteiger partial charge in [-0.1, -0.05) is 24.3 Å². The number of carbonyl (C=O) groups excluding carboxylic acids is 1. The van der Waals surface area contributed by atoms with Gasteiger partial charge in [0.25, 0.3) is 0 Å². The van der Waals surface area contributed by atoms with E-state index in [2.05, 4.69) is 17.4 Å². The molecule has 0 radical (unpaired) electrons. The van der Waals surface area contributed by atoms with Crippen LogP contribution in [0.3, 0.4) is 0 Å². The first-order valence-electron chi connectivity index (χ1n) is 6.89. The van der Waals surface area contributed by atoms with Crippen LogP contribution in [0.2, 0.25) is 0 Å². The van der Waals surface area contributed by atoms with Gasteiger partial charge in [0.1, 0.15) is 0 Å². The van der Waals surface area contributed by atoms with Crippen LogP contribution in [0, 0.1) is 0 Å². The second kappa shape index (κ2) is 5.31. The summed E-state index contributed by atoms with van der Waals surface area (Å²) >= 11 is 0. The fourth-order valence-corrected chi connectivity index (χ4v) is 2.97. The third kappa shape index (κ3) is 2.51. The summed E-state index contributed by atoms with van der Waals surface area (Å²) in [5, 5.41) is 3.35. The van der Waals surface area contributed by atoms with E-state index in [9.17, 15) is 4.79 Å². The van der Waals surface area contributed by atoms with Crippen molar-refractivity contribution in [3.63, 3.8) is 0 Å². The molecule has 1 N–H and O–H groups in total. The quantitative estimate of drug-likeness (QED) is 0.861. The smallest absolute Gasteiger partial charge is 0.240 e. The molecule has 0 aliphatic carbocycles. The van der Waals surface area contributed by atoms with Crippen LogP contribution >= 0.6 is 0 Å². The lowest BCUT2D eigenvalue weighted by Gasteiger charge is -2.28. The molecule has 0 saturated carbocycles. The van der Waals surface area contributed by atoms with Crippen LogP contribution in [0.1, 0.15) is 17.5 Å². The summed E-state index contributed by atoms with van der Waals surface area (Å²) in [5.41, 5.74) is 2.60. The number of likely N-dealkylation sites (tertiary alicyclic amines) is 1. The van der Waals surface area contributed by atoms with Gasteiger partial charge in [-0.3, -0.25) is 4.79 Å². The van der Waals surface area contributed by atoms with Crippen molar-refractivity contribution in [2.45, 2.75) is 31.5 Å². The average molecular weight is 260 g/mol. The lowest BCUT2D eigenvalue weighted by molar-refractivity contribution is -0.133. The molecule has 4 heteroatoms. The van der Waals surface area contributed by atoms with Gasteiger partial charge in [0.05, 0.1) is 12.1 Å². The number of amides is 1. The predicted molar refractivity (Wildman–Crippen MR) is 72.8 cm³/mol. The maximum atomic E-state index is 12.5. The summed E-state index contributed by atoms with van der Waals surface area (Å²) in [6.07, 6.45) is 1.95. The van der Waals surface area contributed by atoms with Gasteiger partial charge >= 0.3 is 0 Å². The van der Waals surface area contributed by atoms with Gasteiger partial charge in [0, 0.05) is 26.7 Å². The van der Waals surface area contributed by atoms with Crippen molar-refractivity contribution in [1.29, 1.82) is 0 Å². The summed E-state index contributed by atoms with van der Waals surface area (Å²) in [7, 11) is 1.72. The van der Waals surface area contributed by atoms with Crippen LogP contribution in [-0.2, 0) is 22.5 Å². The molecule has 1 fully saturated rings. The van der Waals surface area contributed by atoms with Crippen molar-refractivity contribution in [2.24, 2.45) is 0 Å². The van der Waals surface area contributed by atoms with Crippen LogP contribution in [0.5, 0.6) is 0 Å². The number of nitrogens with zero attached hydrogens (tertiary/aromatic N) is 1. The minimum Gasteiger partial charge on any atom is -0.380 e. The fourth-order valence-electron chi connectivity index (χ4n) is 2.97. The number of ether oxygens (including phenoxy) is 1. The Morgan fingerprint density at radius 2 is 2.16 bits per heavy atom. The maximum Gasteiger partial charge on any atom is 0.240 e. The van der Waals surface area contributed by atoms with Crippen LogP contribution in [0.25, 0.3) is 0 Å². The molecule has 2 aliphatic rings. The number of carbonyl (C=O) groups is 1.